The first-order valence-corrected chi connectivity index (χ1v) is 13.2. The molecule has 0 radical (unpaired) electrons. The highest BCUT2D eigenvalue weighted by molar-refractivity contribution is 7.89. The third-order valence-electron chi connectivity index (χ3n) is 5.77. The van der Waals surface area contributed by atoms with Gasteiger partial charge in [-0.25, -0.2) is 17.9 Å². The molecule has 0 unspecified atom stereocenters. The molecule has 35 heavy (non-hydrogen) atoms. The zero-order chi connectivity index (χ0) is 26.2. The normalized spacial score (nSPS) is 28.1. The van der Waals surface area contributed by atoms with Crippen molar-refractivity contribution in [2.24, 2.45) is 5.92 Å². The molecule has 2 aliphatic rings. The number of rotatable bonds is 6. The maximum atomic E-state index is 13.3. The van der Waals surface area contributed by atoms with Crippen molar-refractivity contribution >= 4 is 22.1 Å². The van der Waals surface area contributed by atoms with E-state index in [1.165, 1.54) is 12.1 Å². The van der Waals surface area contributed by atoms with Crippen molar-refractivity contribution in [2.75, 3.05) is 6.61 Å². The molecule has 10 nitrogen and oxygen atoms in total. The molecule has 0 aromatic heterocycles. The molecule has 1 aliphatic carbocycles. The minimum Gasteiger partial charge on any atom is -0.466 e. The molecule has 5 atom stereocenters. The summed E-state index contributed by atoms with van der Waals surface area (Å²) in [6.45, 7) is 12.3. The van der Waals surface area contributed by atoms with Crippen molar-refractivity contribution in [1.82, 2.24) is 10.0 Å². The summed E-state index contributed by atoms with van der Waals surface area (Å²) in [6, 6.07) is 4.63. The van der Waals surface area contributed by atoms with Gasteiger partial charge in [-0.05, 0) is 67.0 Å². The van der Waals surface area contributed by atoms with Crippen LogP contribution in [0.5, 0.6) is 0 Å². The van der Waals surface area contributed by atoms with Crippen LogP contribution in [-0.4, -0.2) is 62.8 Å². The minimum absolute atomic E-state index is 0.0692. The number of ether oxygens (including phenoxy) is 4. The van der Waals surface area contributed by atoms with Gasteiger partial charge in [-0.3, -0.25) is 4.79 Å². The SMILES string of the molecule is CCOC(=O)[C@@H]1C[C@H](NC(=O)OC(C)(C)C)[C@@H](NS(=O)(=O)c2ccc(C)cc2)[C@@H]2OC(C)(C)O[C@@H]21. The number of esters is 1. The molecule has 1 heterocycles. The zero-order valence-corrected chi connectivity index (χ0v) is 22.1. The standard InChI is InChI=1S/C24H36N2O8S/c1-8-31-21(27)16-13-17(25-22(28)34-23(3,4)5)18(20-19(16)32-24(6,7)33-20)26-35(29,30)15-11-9-14(2)10-12-15/h9-12,16-20,26H,8,13H2,1-7H3,(H,25,28)/t16-,17+,18-,19-,20+/m1/s1. The van der Waals surface area contributed by atoms with Gasteiger partial charge in [-0.2, -0.15) is 0 Å². The third-order valence-corrected chi connectivity index (χ3v) is 7.24. The van der Waals surface area contributed by atoms with Gasteiger partial charge in [-0.1, -0.05) is 17.7 Å². The Hall–Kier alpha value is -2.21. The molecule has 1 saturated carbocycles. The Kier molecular flexibility index (Phi) is 7.85. The monoisotopic (exact) mass is 512 g/mol. The van der Waals surface area contributed by atoms with E-state index < -0.39 is 63.7 Å². The van der Waals surface area contributed by atoms with Crippen molar-refractivity contribution < 1.29 is 37.0 Å². The van der Waals surface area contributed by atoms with Crippen LogP contribution < -0.4 is 10.0 Å². The number of sulfonamides is 1. The Morgan fingerprint density at radius 1 is 1.11 bits per heavy atom. The Labute approximate surface area is 207 Å². The molecule has 2 N–H and O–H groups in total. The molecule has 1 amide bonds. The van der Waals surface area contributed by atoms with Crippen LogP contribution in [0.15, 0.2) is 29.2 Å². The lowest BCUT2D eigenvalue weighted by Crippen LogP contribution is -2.65. The molecule has 1 aliphatic heterocycles. The average Bonchev–Trinajstić information content (AvgIpc) is 3.03. The summed E-state index contributed by atoms with van der Waals surface area (Å²) < 4.78 is 52.1. The first-order chi connectivity index (χ1) is 16.1. The predicted molar refractivity (Wildman–Crippen MR) is 127 cm³/mol. The van der Waals surface area contributed by atoms with Crippen molar-refractivity contribution in [3.05, 3.63) is 29.8 Å². The molecule has 11 heteroatoms. The summed E-state index contributed by atoms with van der Waals surface area (Å²) in [4.78, 5) is 25.6. The number of nitrogens with one attached hydrogen (secondary N) is 2. The number of hydrogen-bond acceptors (Lipinski definition) is 8. The Balaban J connectivity index is 1.98. The predicted octanol–water partition coefficient (Wildman–Crippen LogP) is 2.64. The lowest BCUT2D eigenvalue weighted by atomic mass is 9.78. The maximum absolute atomic E-state index is 13.3. The van der Waals surface area contributed by atoms with Gasteiger partial charge in [0.05, 0.1) is 29.5 Å². The highest BCUT2D eigenvalue weighted by Gasteiger charge is 2.57. The van der Waals surface area contributed by atoms with Crippen molar-refractivity contribution in [3.8, 4) is 0 Å². The number of carbonyl (C=O) groups excluding carboxylic acids is 2. The number of hydrogen-bond donors (Lipinski definition) is 2. The quantitative estimate of drug-likeness (QED) is 0.557. The van der Waals surface area contributed by atoms with Crippen LogP contribution >= 0.6 is 0 Å². The van der Waals surface area contributed by atoms with E-state index in [1.807, 2.05) is 6.92 Å². The van der Waals surface area contributed by atoms with Gasteiger partial charge >= 0.3 is 12.1 Å². The molecule has 2 fully saturated rings. The fraction of sp³-hybridized carbons (Fsp3) is 0.667. The van der Waals surface area contributed by atoms with E-state index in [0.29, 0.717) is 0 Å². The second-order valence-corrected chi connectivity index (χ2v) is 12.1. The number of benzene rings is 1. The summed E-state index contributed by atoms with van der Waals surface area (Å²) in [5.74, 6) is -2.35. The summed E-state index contributed by atoms with van der Waals surface area (Å²) in [5, 5.41) is 2.74. The van der Waals surface area contributed by atoms with Gasteiger partial charge in [0.15, 0.2) is 5.79 Å². The fourth-order valence-electron chi connectivity index (χ4n) is 4.39. The molecular formula is C24H36N2O8S. The number of alkyl carbamates (subject to hydrolysis) is 1. The molecular weight excluding hydrogens is 476 g/mol. The highest BCUT2D eigenvalue weighted by atomic mass is 32.2. The summed E-state index contributed by atoms with van der Waals surface area (Å²) in [6.07, 6.45) is -2.30. The van der Waals surface area contributed by atoms with Crippen LogP contribution in [0.4, 0.5) is 4.79 Å². The largest absolute Gasteiger partial charge is 0.466 e. The van der Waals surface area contributed by atoms with E-state index >= 15 is 0 Å². The van der Waals surface area contributed by atoms with Gasteiger partial charge < -0.3 is 24.3 Å². The molecule has 1 saturated heterocycles. The first-order valence-electron chi connectivity index (χ1n) is 11.7. The third kappa shape index (κ3) is 6.72. The Morgan fingerprint density at radius 2 is 1.71 bits per heavy atom. The molecule has 1 aromatic rings. The molecule has 0 bridgehead atoms. The van der Waals surface area contributed by atoms with Crippen molar-refractivity contribution in [3.63, 3.8) is 0 Å². The van der Waals surface area contributed by atoms with Gasteiger partial charge in [0.25, 0.3) is 0 Å². The van der Waals surface area contributed by atoms with Crippen LogP contribution in [0.1, 0.15) is 53.5 Å². The van der Waals surface area contributed by atoms with E-state index in [-0.39, 0.29) is 17.9 Å². The lowest BCUT2D eigenvalue weighted by molar-refractivity contribution is -0.163. The number of amides is 1. The van der Waals surface area contributed by atoms with Crippen LogP contribution in [0.2, 0.25) is 0 Å². The van der Waals surface area contributed by atoms with Crippen LogP contribution in [0, 0.1) is 12.8 Å². The van der Waals surface area contributed by atoms with Gasteiger partial charge in [0.2, 0.25) is 10.0 Å². The average molecular weight is 513 g/mol. The number of fused-ring (bicyclic) bond motifs is 1. The summed E-state index contributed by atoms with van der Waals surface area (Å²) >= 11 is 0. The highest BCUT2D eigenvalue weighted by Crippen LogP contribution is 2.41. The summed E-state index contributed by atoms with van der Waals surface area (Å²) in [7, 11) is -4.00. The van der Waals surface area contributed by atoms with Crippen molar-refractivity contribution in [2.45, 2.75) is 95.5 Å². The van der Waals surface area contributed by atoms with E-state index in [4.69, 9.17) is 18.9 Å². The maximum Gasteiger partial charge on any atom is 0.407 e. The van der Waals surface area contributed by atoms with Gasteiger partial charge in [-0.15, -0.1) is 0 Å². The molecule has 3 rings (SSSR count). The van der Waals surface area contributed by atoms with E-state index in [0.717, 1.165) is 5.56 Å². The van der Waals surface area contributed by atoms with Gasteiger partial charge in [0.1, 0.15) is 17.8 Å². The number of carbonyl (C=O) groups is 2. The molecule has 1 aromatic carbocycles. The van der Waals surface area contributed by atoms with Crippen LogP contribution in [0.25, 0.3) is 0 Å². The fourth-order valence-corrected chi connectivity index (χ4v) is 5.68. The van der Waals surface area contributed by atoms with E-state index in [9.17, 15) is 18.0 Å². The molecule has 0 spiro atoms. The van der Waals surface area contributed by atoms with Crippen LogP contribution in [0.3, 0.4) is 0 Å². The second kappa shape index (κ2) is 10.0. The van der Waals surface area contributed by atoms with Gasteiger partial charge in [0, 0.05) is 0 Å². The number of aryl methyl sites for hydroxylation is 1. The van der Waals surface area contributed by atoms with E-state index in [1.54, 1.807) is 53.7 Å². The van der Waals surface area contributed by atoms with Crippen molar-refractivity contribution in [1.29, 1.82) is 0 Å². The second-order valence-electron chi connectivity index (χ2n) is 10.4. The molecule has 196 valence electrons. The van der Waals surface area contributed by atoms with Crippen LogP contribution in [-0.2, 0) is 33.8 Å². The minimum atomic E-state index is -4.00. The van der Waals surface area contributed by atoms with E-state index in [2.05, 4.69) is 10.0 Å². The summed E-state index contributed by atoms with van der Waals surface area (Å²) in [5.41, 5.74) is 0.144. The zero-order valence-electron chi connectivity index (χ0n) is 21.3. The lowest BCUT2D eigenvalue weighted by Gasteiger charge is -2.41. The first kappa shape index (κ1) is 27.4. The topological polar surface area (TPSA) is 129 Å². The Bertz CT molecular complexity index is 1030. The Morgan fingerprint density at radius 3 is 2.29 bits per heavy atom. The smallest absolute Gasteiger partial charge is 0.407 e.